The third kappa shape index (κ3) is 2.69. The van der Waals surface area contributed by atoms with Crippen LogP contribution in [-0.4, -0.2) is 30.1 Å². The van der Waals surface area contributed by atoms with E-state index in [-0.39, 0.29) is 18.9 Å². The Morgan fingerprint density at radius 1 is 1.17 bits per heavy atom. The van der Waals surface area contributed by atoms with Gasteiger partial charge in [-0.05, 0) is 25.0 Å². The number of halogens is 3. The number of rotatable bonds is 1. The van der Waals surface area contributed by atoms with Crippen molar-refractivity contribution in [3.8, 4) is 0 Å². The van der Waals surface area contributed by atoms with Gasteiger partial charge in [-0.15, -0.1) is 22.7 Å². The minimum atomic E-state index is -4.23. The zero-order chi connectivity index (χ0) is 16.9. The largest absolute Gasteiger partial charge is 0.393 e. The molecule has 0 N–H and O–H groups in total. The van der Waals surface area contributed by atoms with Crippen molar-refractivity contribution in [2.24, 2.45) is 5.92 Å². The fraction of sp³-hybridized carbons (Fsp3) is 0.353. The van der Waals surface area contributed by atoms with Gasteiger partial charge in [-0.2, -0.15) is 13.2 Å². The van der Waals surface area contributed by atoms with E-state index in [4.69, 9.17) is 0 Å². The molecule has 24 heavy (non-hydrogen) atoms. The molecule has 1 aliphatic rings. The Balaban J connectivity index is 1.63. The highest BCUT2D eigenvalue weighted by molar-refractivity contribution is 7.33. The molecule has 0 aliphatic carbocycles. The van der Waals surface area contributed by atoms with E-state index in [1.54, 1.807) is 11.3 Å². The second-order valence-electron chi connectivity index (χ2n) is 6.03. The van der Waals surface area contributed by atoms with Crippen molar-refractivity contribution in [1.82, 2.24) is 4.90 Å². The van der Waals surface area contributed by atoms with Crippen LogP contribution in [0, 0.1) is 5.92 Å². The quantitative estimate of drug-likeness (QED) is 0.552. The lowest BCUT2D eigenvalue weighted by Gasteiger charge is -2.33. The Labute approximate surface area is 144 Å². The van der Waals surface area contributed by atoms with Crippen molar-refractivity contribution in [2.75, 3.05) is 13.1 Å². The monoisotopic (exact) mass is 369 g/mol. The number of carbonyl (C=O) groups is 1. The number of fused-ring (bicyclic) bond motifs is 3. The van der Waals surface area contributed by atoms with Gasteiger partial charge in [-0.3, -0.25) is 4.79 Å². The van der Waals surface area contributed by atoms with Crippen LogP contribution in [0.4, 0.5) is 13.2 Å². The number of hydrogen-bond acceptors (Lipinski definition) is 3. The molecule has 1 unspecified atom stereocenters. The van der Waals surface area contributed by atoms with Crippen molar-refractivity contribution in [2.45, 2.75) is 19.0 Å². The van der Waals surface area contributed by atoms with E-state index in [0.29, 0.717) is 17.8 Å². The summed E-state index contributed by atoms with van der Waals surface area (Å²) in [7, 11) is 0. The highest BCUT2D eigenvalue weighted by atomic mass is 32.1. The first-order chi connectivity index (χ1) is 11.4. The van der Waals surface area contributed by atoms with E-state index in [0.717, 1.165) is 19.5 Å². The Morgan fingerprint density at radius 2 is 1.96 bits per heavy atom. The molecule has 1 amide bonds. The Kier molecular flexibility index (Phi) is 3.80. The molecule has 1 aromatic carbocycles. The van der Waals surface area contributed by atoms with Gasteiger partial charge in [0.05, 0.1) is 15.5 Å². The minimum absolute atomic E-state index is 0.109. The van der Waals surface area contributed by atoms with Gasteiger partial charge in [-0.25, -0.2) is 0 Å². The van der Waals surface area contributed by atoms with Gasteiger partial charge < -0.3 is 4.90 Å². The summed E-state index contributed by atoms with van der Waals surface area (Å²) in [6, 6.07) is 9.80. The van der Waals surface area contributed by atoms with E-state index in [9.17, 15) is 18.0 Å². The summed E-state index contributed by atoms with van der Waals surface area (Å²) in [6.45, 7) is 0.173. The highest BCUT2D eigenvalue weighted by Gasteiger charge is 2.42. The first-order valence-corrected chi connectivity index (χ1v) is 9.34. The molecule has 0 spiro atoms. The fourth-order valence-corrected chi connectivity index (χ4v) is 5.68. The minimum Gasteiger partial charge on any atom is -0.337 e. The molecular formula is C17H14F3NOS2. The topological polar surface area (TPSA) is 20.3 Å². The third-order valence-corrected chi connectivity index (χ3v) is 6.84. The zero-order valence-electron chi connectivity index (χ0n) is 12.6. The normalized spacial score (nSPS) is 19.3. The predicted octanol–water partition coefficient (Wildman–Crippen LogP) is 5.53. The molecule has 3 aromatic rings. The molecule has 1 fully saturated rings. The Morgan fingerprint density at radius 3 is 2.75 bits per heavy atom. The molecule has 0 radical (unpaired) electrons. The second kappa shape index (κ2) is 5.74. The van der Waals surface area contributed by atoms with Gasteiger partial charge in [0.2, 0.25) is 0 Å². The van der Waals surface area contributed by atoms with Crippen molar-refractivity contribution in [3.63, 3.8) is 0 Å². The maximum atomic E-state index is 12.9. The van der Waals surface area contributed by atoms with Crippen molar-refractivity contribution < 1.29 is 18.0 Å². The molecule has 2 nitrogen and oxygen atoms in total. The van der Waals surface area contributed by atoms with E-state index in [1.165, 1.54) is 16.2 Å². The van der Waals surface area contributed by atoms with E-state index >= 15 is 0 Å². The lowest BCUT2D eigenvalue weighted by molar-refractivity contribution is -0.184. The SMILES string of the molecule is O=C(c1cc2sc3ccccc3c2s1)N1CCCC(C(F)(F)F)C1. The number of amides is 1. The second-order valence-corrected chi connectivity index (χ2v) is 8.17. The lowest BCUT2D eigenvalue weighted by Crippen LogP contribution is -2.44. The fourth-order valence-electron chi connectivity index (χ4n) is 3.19. The van der Waals surface area contributed by atoms with Crippen molar-refractivity contribution in [1.29, 1.82) is 0 Å². The summed E-state index contributed by atoms with van der Waals surface area (Å²) in [4.78, 5) is 14.5. The summed E-state index contributed by atoms with van der Waals surface area (Å²) in [5.41, 5.74) is 0. The summed E-state index contributed by atoms with van der Waals surface area (Å²) in [5, 5.41) is 1.10. The number of alkyl halides is 3. The van der Waals surface area contributed by atoms with Gasteiger partial charge in [0.1, 0.15) is 0 Å². The molecule has 2 aromatic heterocycles. The summed E-state index contributed by atoms with van der Waals surface area (Å²) in [6.07, 6.45) is -3.72. The van der Waals surface area contributed by atoms with Crippen LogP contribution in [0.1, 0.15) is 22.5 Å². The molecule has 1 aliphatic heterocycles. The van der Waals surface area contributed by atoms with Crippen LogP contribution in [0.25, 0.3) is 19.5 Å². The van der Waals surface area contributed by atoms with Crippen LogP contribution in [0.5, 0.6) is 0 Å². The maximum Gasteiger partial charge on any atom is 0.393 e. The molecule has 4 rings (SSSR count). The van der Waals surface area contributed by atoms with Gasteiger partial charge in [-0.1, -0.05) is 18.2 Å². The van der Waals surface area contributed by atoms with E-state index in [2.05, 4.69) is 0 Å². The number of benzene rings is 1. The Hall–Kier alpha value is -1.60. The maximum absolute atomic E-state index is 12.9. The highest BCUT2D eigenvalue weighted by Crippen LogP contribution is 2.40. The average Bonchev–Trinajstić information content (AvgIpc) is 3.11. The van der Waals surface area contributed by atoms with Crippen molar-refractivity contribution >= 4 is 48.1 Å². The molecule has 7 heteroatoms. The number of likely N-dealkylation sites (tertiary alicyclic amines) is 1. The number of thiophene rings is 2. The number of carbonyl (C=O) groups excluding carboxylic acids is 1. The van der Waals surface area contributed by atoms with Crippen LogP contribution >= 0.6 is 22.7 Å². The molecule has 1 atom stereocenters. The standard InChI is InChI=1S/C17H14F3NOS2/c18-17(19,20)10-4-3-7-21(9-10)16(22)14-8-13-15(24-14)11-5-1-2-6-12(11)23-13/h1-2,5-6,8,10H,3-4,7,9H2. The van der Waals surface area contributed by atoms with Crippen LogP contribution < -0.4 is 0 Å². The average molecular weight is 369 g/mol. The lowest BCUT2D eigenvalue weighted by atomic mass is 9.97. The zero-order valence-corrected chi connectivity index (χ0v) is 14.2. The first kappa shape index (κ1) is 15.9. The third-order valence-electron chi connectivity index (χ3n) is 4.43. The molecule has 1 saturated heterocycles. The van der Waals surface area contributed by atoms with E-state index < -0.39 is 12.1 Å². The van der Waals surface area contributed by atoms with Gasteiger partial charge in [0.15, 0.2) is 0 Å². The summed E-state index contributed by atoms with van der Waals surface area (Å²) < 4.78 is 42.0. The molecule has 0 bridgehead atoms. The van der Waals surface area contributed by atoms with Crippen LogP contribution in [0.2, 0.25) is 0 Å². The number of nitrogens with zero attached hydrogens (tertiary/aromatic N) is 1. The van der Waals surface area contributed by atoms with Crippen LogP contribution in [-0.2, 0) is 0 Å². The molecule has 0 saturated carbocycles. The van der Waals surface area contributed by atoms with Gasteiger partial charge in [0.25, 0.3) is 5.91 Å². The van der Waals surface area contributed by atoms with E-state index in [1.807, 2.05) is 30.3 Å². The molecular weight excluding hydrogens is 355 g/mol. The van der Waals surface area contributed by atoms with Gasteiger partial charge in [0, 0.05) is 27.9 Å². The Bertz CT molecular complexity index is 911. The van der Waals surface area contributed by atoms with Crippen LogP contribution in [0.15, 0.2) is 30.3 Å². The number of hydrogen-bond donors (Lipinski definition) is 0. The predicted molar refractivity (Wildman–Crippen MR) is 91.9 cm³/mol. The smallest absolute Gasteiger partial charge is 0.337 e. The summed E-state index contributed by atoms with van der Waals surface area (Å²) >= 11 is 2.99. The number of piperidine rings is 1. The van der Waals surface area contributed by atoms with Gasteiger partial charge >= 0.3 is 6.18 Å². The molecule has 126 valence electrons. The van der Waals surface area contributed by atoms with Crippen molar-refractivity contribution in [3.05, 3.63) is 35.2 Å². The summed E-state index contributed by atoms with van der Waals surface area (Å²) in [5.74, 6) is -1.68. The first-order valence-electron chi connectivity index (χ1n) is 7.70. The van der Waals surface area contributed by atoms with Crippen LogP contribution in [0.3, 0.4) is 0 Å². The molecule has 3 heterocycles.